The molecule has 1 aliphatic carbocycles. The number of nitrogens with one attached hydrogen (secondary N) is 2. The van der Waals surface area contributed by atoms with Crippen molar-refractivity contribution in [2.45, 2.75) is 37.8 Å². The van der Waals surface area contributed by atoms with E-state index in [9.17, 15) is 19.6 Å². The summed E-state index contributed by atoms with van der Waals surface area (Å²) in [6, 6.07) is 1.77. The largest absolute Gasteiger partial charge is 0.365 e. The maximum Gasteiger partial charge on any atom is 0.332 e. The van der Waals surface area contributed by atoms with Gasteiger partial charge in [0.05, 0.1) is 6.04 Å². The molecule has 1 aromatic heterocycles. The van der Waals surface area contributed by atoms with Gasteiger partial charge < -0.3 is 10.6 Å². The van der Waals surface area contributed by atoms with Crippen molar-refractivity contribution in [3.05, 3.63) is 26.4 Å². The molecule has 8 heteroatoms. The fourth-order valence-corrected chi connectivity index (χ4v) is 3.18. The fraction of sp³-hybridized carbons (Fsp3) is 0.600. The van der Waals surface area contributed by atoms with Gasteiger partial charge in [0.1, 0.15) is 11.9 Å². The highest BCUT2D eigenvalue weighted by Crippen LogP contribution is 2.37. The summed E-state index contributed by atoms with van der Waals surface area (Å²) in [5.74, 6) is 0.677. The minimum absolute atomic E-state index is 0.0260. The second kappa shape index (κ2) is 5.57. The molecular formula is C15H19N5O3. The molecule has 1 saturated heterocycles. The van der Waals surface area contributed by atoms with Gasteiger partial charge in [-0.2, -0.15) is 5.26 Å². The minimum atomic E-state index is -0.610. The first-order valence-electron chi connectivity index (χ1n) is 7.70. The summed E-state index contributed by atoms with van der Waals surface area (Å²) < 4.78 is 2.20. The Balaban J connectivity index is 1.99. The minimum Gasteiger partial charge on any atom is -0.365 e. The van der Waals surface area contributed by atoms with Crippen LogP contribution in [0.25, 0.3) is 0 Å². The second-order valence-corrected chi connectivity index (χ2v) is 6.26. The first kappa shape index (κ1) is 15.3. The van der Waals surface area contributed by atoms with Crippen LogP contribution in [0.1, 0.15) is 31.2 Å². The van der Waals surface area contributed by atoms with Crippen molar-refractivity contribution in [3.8, 4) is 6.07 Å². The lowest BCUT2D eigenvalue weighted by Crippen LogP contribution is -2.53. The molecule has 2 fully saturated rings. The van der Waals surface area contributed by atoms with Crippen molar-refractivity contribution in [1.29, 1.82) is 5.26 Å². The van der Waals surface area contributed by atoms with Gasteiger partial charge in [-0.05, 0) is 25.2 Å². The Morgan fingerprint density at radius 3 is 2.48 bits per heavy atom. The lowest BCUT2D eigenvalue weighted by molar-refractivity contribution is -0.123. The third-order valence-corrected chi connectivity index (χ3v) is 4.67. The summed E-state index contributed by atoms with van der Waals surface area (Å²) in [6.07, 6.45) is 3.12. The van der Waals surface area contributed by atoms with Gasteiger partial charge >= 0.3 is 5.69 Å². The van der Waals surface area contributed by atoms with Crippen LogP contribution >= 0.6 is 0 Å². The lowest BCUT2D eigenvalue weighted by atomic mass is 9.94. The number of hydrogen-bond donors (Lipinski definition) is 2. The third kappa shape index (κ3) is 2.63. The molecule has 1 aliphatic heterocycles. The zero-order valence-electron chi connectivity index (χ0n) is 13.1. The Morgan fingerprint density at radius 1 is 1.17 bits per heavy atom. The molecule has 2 atom stereocenters. The predicted octanol–water partition coefficient (Wildman–Crippen LogP) is -0.575. The van der Waals surface area contributed by atoms with Crippen molar-refractivity contribution in [2.24, 2.45) is 20.0 Å². The first-order valence-corrected chi connectivity index (χ1v) is 7.70. The van der Waals surface area contributed by atoms with E-state index >= 15 is 0 Å². The maximum atomic E-state index is 12.1. The Morgan fingerprint density at radius 2 is 1.87 bits per heavy atom. The number of carbonyl (C=O) groups is 1. The topological polar surface area (TPSA) is 109 Å². The highest BCUT2D eigenvalue weighted by molar-refractivity contribution is 5.77. The number of amides is 1. The molecule has 2 N–H and O–H groups in total. The van der Waals surface area contributed by atoms with E-state index in [1.807, 2.05) is 6.07 Å². The van der Waals surface area contributed by atoms with Crippen molar-refractivity contribution in [3.63, 3.8) is 0 Å². The number of aromatic nitrogens is 2. The number of anilines is 1. The van der Waals surface area contributed by atoms with E-state index < -0.39 is 11.2 Å². The molecule has 1 aromatic rings. The van der Waals surface area contributed by atoms with E-state index in [2.05, 4.69) is 10.6 Å². The van der Waals surface area contributed by atoms with Crippen LogP contribution in [0.3, 0.4) is 0 Å². The molecular weight excluding hydrogens is 298 g/mol. The van der Waals surface area contributed by atoms with Gasteiger partial charge in [0.25, 0.3) is 5.56 Å². The van der Waals surface area contributed by atoms with Crippen LogP contribution in [0.5, 0.6) is 0 Å². The van der Waals surface area contributed by atoms with Gasteiger partial charge in [0, 0.05) is 26.6 Å². The zero-order valence-corrected chi connectivity index (χ0v) is 13.1. The fourth-order valence-electron chi connectivity index (χ4n) is 3.18. The zero-order chi connectivity index (χ0) is 16.7. The summed E-state index contributed by atoms with van der Waals surface area (Å²) >= 11 is 0. The third-order valence-electron chi connectivity index (χ3n) is 4.67. The molecule has 8 nitrogen and oxygen atoms in total. The van der Waals surface area contributed by atoms with Gasteiger partial charge in [-0.25, -0.2) is 4.79 Å². The van der Waals surface area contributed by atoms with Gasteiger partial charge in [-0.3, -0.25) is 18.7 Å². The molecule has 23 heavy (non-hydrogen) atoms. The molecule has 0 aromatic carbocycles. The van der Waals surface area contributed by atoms with E-state index in [1.54, 1.807) is 0 Å². The Bertz CT molecular complexity index is 812. The van der Waals surface area contributed by atoms with Crippen molar-refractivity contribution >= 4 is 11.7 Å². The molecule has 2 unspecified atom stereocenters. The van der Waals surface area contributed by atoms with Crippen LogP contribution in [0.2, 0.25) is 0 Å². The highest BCUT2D eigenvalue weighted by Gasteiger charge is 2.40. The van der Waals surface area contributed by atoms with E-state index in [4.69, 9.17) is 0 Å². The number of nitrogens with zero attached hydrogens (tertiary/aromatic N) is 3. The lowest BCUT2D eigenvalue weighted by Gasteiger charge is -2.34. The number of hydrogen-bond acceptors (Lipinski definition) is 5. The first-order chi connectivity index (χ1) is 10.9. The summed E-state index contributed by atoms with van der Waals surface area (Å²) in [7, 11) is 2.88. The molecule has 122 valence electrons. The Labute approximate surface area is 132 Å². The summed E-state index contributed by atoms with van der Waals surface area (Å²) in [4.78, 5) is 35.9. The van der Waals surface area contributed by atoms with E-state index in [1.165, 1.54) is 18.7 Å². The van der Waals surface area contributed by atoms with Crippen molar-refractivity contribution in [1.82, 2.24) is 14.5 Å². The second-order valence-electron chi connectivity index (χ2n) is 6.26. The number of piperidine rings is 1. The van der Waals surface area contributed by atoms with Crippen LogP contribution in [-0.2, 0) is 18.9 Å². The Kier molecular flexibility index (Phi) is 3.72. The van der Waals surface area contributed by atoms with Gasteiger partial charge in [0.15, 0.2) is 5.56 Å². The van der Waals surface area contributed by atoms with Gasteiger partial charge in [0.2, 0.25) is 5.91 Å². The molecule has 0 bridgehead atoms. The van der Waals surface area contributed by atoms with Crippen LogP contribution < -0.4 is 21.9 Å². The van der Waals surface area contributed by atoms with E-state index in [0.29, 0.717) is 18.8 Å². The molecule has 2 heterocycles. The van der Waals surface area contributed by atoms with E-state index in [0.717, 1.165) is 17.4 Å². The SMILES string of the molecule is Cn1c(NC2CCC(=O)NC2C2CC2)c(C#N)c(=O)n(C)c1=O. The molecule has 1 amide bonds. The average Bonchev–Trinajstić information content (AvgIpc) is 3.37. The summed E-state index contributed by atoms with van der Waals surface area (Å²) in [5.41, 5.74) is -1.18. The van der Waals surface area contributed by atoms with Crippen LogP contribution in [-0.4, -0.2) is 27.1 Å². The smallest absolute Gasteiger partial charge is 0.332 e. The van der Waals surface area contributed by atoms with Gasteiger partial charge in [-0.1, -0.05) is 0 Å². The van der Waals surface area contributed by atoms with Crippen LogP contribution in [0.15, 0.2) is 9.59 Å². The number of rotatable bonds is 3. The molecule has 0 spiro atoms. The summed E-state index contributed by atoms with van der Waals surface area (Å²) in [5, 5.41) is 15.5. The quantitative estimate of drug-likeness (QED) is 0.775. The number of nitriles is 1. The standard InChI is InChI=1S/C15H19N5O3/c1-19-13(9(7-16)14(22)20(2)15(19)23)17-10-5-6-11(21)18-12(10)8-3-4-8/h8,10,12,17H,3-6H2,1-2H3,(H,18,21). The van der Waals surface area contributed by atoms with Gasteiger partial charge in [-0.15, -0.1) is 0 Å². The maximum absolute atomic E-state index is 12.1. The Hall–Kier alpha value is -2.56. The molecule has 2 aliphatic rings. The van der Waals surface area contributed by atoms with Crippen LogP contribution in [0, 0.1) is 17.2 Å². The molecule has 3 rings (SSSR count). The average molecular weight is 317 g/mol. The number of carbonyl (C=O) groups excluding carboxylic acids is 1. The van der Waals surface area contributed by atoms with E-state index in [-0.39, 0.29) is 29.4 Å². The summed E-state index contributed by atoms with van der Waals surface area (Å²) in [6.45, 7) is 0. The molecule has 1 saturated carbocycles. The predicted molar refractivity (Wildman–Crippen MR) is 82.9 cm³/mol. The molecule has 0 radical (unpaired) electrons. The van der Waals surface area contributed by atoms with Crippen molar-refractivity contribution < 1.29 is 4.79 Å². The van der Waals surface area contributed by atoms with Crippen molar-refractivity contribution in [2.75, 3.05) is 5.32 Å². The van der Waals surface area contributed by atoms with Crippen LogP contribution in [0.4, 0.5) is 5.82 Å². The monoisotopic (exact) mass is 317 g/mol. The normalized spacial score (nSPS) is 24.0. The highest BCUT2D eigenvalue weighted by atomic mass is 16.2.